The second-order valence-corrected chi connectivity index (χ2v) is 6.81. The molecule has 0 unspecified atom stereocenters. The predicted octanol–water partition coefficient (Wildman–Crippen LogP) is 4.20. The molecule has 0 saturated heterocycles. The van der Waals surface area contributed by atoms with Gasteiger partial charge in [-0.3, -0.25) is 9.69 Å². The van der Waals surface area contributed by atoms with Crippen molar-refractivity contribution in [2.24, 2.45) is 0 Å². The molecule has 1 aromatic carbocycles. The minimum absolute atomic E-state index is 0.155. The van der Waals surface area contributed by atoms with Crippen molar-refractivity contribution in [2.45, 2.75) is 50.6 Å². The van der Waals surface area contributed by atoms with Crippen molar-refractivity contribution in [3.8, 4) is 0 Å². The minimum atomic E-state index is -0.759. The maximum absolute atomic E-state index is 13.6. The Morgan fingerprint density at radius 1 is 1.38 bits per heavy atom. The molecule has 21 heavy (non-hydrogen) atoms. The van der Waals surface area contributed by atoms with Gasteiger partial charge in [-0.1, -0.05) is 25.3 Å². The molecule has 1 aliphatic carbocycles. The van der Waals surface area contributed by atoms with Crippen LogP contribution in [0, 0.1) is 5.82 Å². The normalized spacial score (nSPS) is 17.9. The summed E-state index contributed by atoms with van der Waals surface area (Å²) in [6, 6.07) is 5.09. The van der Waals surface area contributed by atoms with Crippen molar-refractivity contribution < 1.29 is 14.3 Å². The number of benzene rings is 1. The minimum Gasteiger partial charge on any atom is -0.481 e. The van der Waals surface area contributed by atoms with Crippen LogP contribution in [0.2, 0.25) is 0 Å². The van der Waals surface area contributed by atoms with Crippen LogP contribution < -0.4 is 0 Å². The highest BCUT2D eigenvalue weighted by molar-refractivity contribution is 9.10. The molecule has 0 bridgehead atoms. The van der Waals surface area contributed by atoms with Gasteiger partial charge < -0.3 is 5.11 Å². The van der Waals surface area contributed by atoms with E-state index in [-0.39, 0.29) is 17.8 Å². The van der Waals surface area contributed by atoms with Crippen molar-refractivity contribution in [2.75, 3.05) is 7.05 Å². The van der Waals surface area contributed by atoms with Crippen LogP contribution in [-0.2, 0) is 11.3 Å². The Morgan fingerprint density at radius 3 is 2.62 bits per heavy atom. The van der Waals surface area contributed by atoms with Crippen LogP contribution in [0.5, 0.6) is 0 Å². The highest BCUT2D eigenvalue weighted by Gasteiger charge is 2.38. The van der Waals surface area contributed by atoms with E-state index < -0.39 is 5.97 Å². The van der Waals surface area contributed by atoms with E-state index in [0.717, 1.165) is 31.2 Å². The third-order valence-corrected chi connectivity index (χ3v) is 5.12. The van der Waals surface area contributed by atoms with E-state index in [4.69, 9.17) is 0 Å². The smallest absolute Gasteiger partial charge is 0.305 e. The number of carbonyl (C=O) groups is 1. The summed E-state index contributed by atoms with van der Waals surface area (Å²) in [7, 11) is 1.95. The molecule has 2 rings (SSSR count). The molecule has 0 atom stereocenters. The van der Waals surface area contributed by atoms with Gasteiger partial charge in [-0.2, -0.15) is 0 Å². The quantitative estimate of drug-likeness (QED) is 0.858. The lowest BCUT2D eigenvalue weighted by Gasteiger charge is -2.44. The first-order chi connectivity index (χ1) is 9.93. The molecule has 3 nitrogen and oxygen atoms in total. The monoisotopic (exact) mass is 357 g/mol. The van der Waals surface area contributed by atoms with Gasteiger partial charge in [0.2, 0.25) is 0 Å². The van der Waals surface area contributed by atoms with Gasteiger partial charge >= 0.3 is 5.97 Å². The molecule has 0 amide bonds. The second kappa shape index (κ2) is 6.88. The fourth-order valence-corrected chi connectivity index (χ4v) is 3.51. The van der Waals surface area contributed by atoms with Gasteiger partial charge in [0.05, 0.1) is 10.9 Å². The van der Waals surface area contributed by atoms with Crippen LogP contribution in [0.1, 0.15) is 44.1 Å². The number of carboxylic acid groups (broad SMARTS) is 1. The van der Waals surface area contributed by atoms with E-state index in [0.29, 0.717) is 11.0 Å². The standard InChI is InChI=1S/C16H21BrFNO2/c1-19(11-12-5-6-13(17)14(18)9-12)16(10-15(20)21)7-3-2-4-8-16/h5-6,9H,2-4,7-8,10-11H2,1H3,(H,20,21). The summed E-state index contributed by atoms with van der Waals surface area (Å²) >= 11 is 3.15. The van der Waals surface area contributed by atoms with Crippen LogP contribution in [-0.4, -0.2) is 28.6 Å². The molecular formula is C16H21BrFNO2. The Bertz CT molecular complexity index is 515. The molecule has 0 aliphatic heterocycles. The van der Waals surface area contributed by atoms with Gasteiger partial charge in [-0.25, -0.2) is 4.39 Å². The summed E-state index contributed by atoms with van der Waals surface area (Å²) in [5, 5.41) is 9.23. The van der Waals surface area contributed by atoms with E-state index in [1.807, 2.05) is 13.1 Å². The molecule has 1 fully saturated rings. The number of carboxylic acids is 1. The lowest BCUT2D eigenvalue weighted by molar-refractivity contribution is -0.141. The van der Waals surface area contributed by atoms with E-state index in [9.17, 15) is 14.3 Å². The molecule has 0 aromatic heterocycles. The summed E-state index contributed by atoms with van der Waals surface area (Å²) < 4.78 is 14.1. The number of nitrogens with zero attached hydrogens (tertiary/aromatic N) is 1. The van der Waals surface area contributed by atoms with Crippen molar-refractivity contribution in [3.05, 3.63) is 34.1 Å². The third kappa shape index (κ3) is 4.04. The lowest BCUT2D eigenvalue weighted by atomic mass is 9.78. The van der Waals surface area contributed by atoms with Crippen molar-refractivity contribution in [1.29, 1.82) is 0 Å². The molecule has 0 spiro atoms. The lowest BCUT2D eigenvalue weighted by Crippen LogP contribution is -2.49. The maximum Gasteiger partial charge on any atom is 0.305 e. The molecule has 1 aliphatic rings. The Kier molecular flexibility index (Phi) is 5.38. The predicted molar refractivity (Wildman–Crippen MR) is 83.6 cm³/mol. The second-order valence-electron chi connectivity index (χ2n) is 5.96. The van der Waals surface area contributed by atoms with Gasteiger partial charge in [0, 0.05) is 12.1 Å². The van der Waals surface area contributed by atoms with E-state index in [1.165, 1.54) is 12.5 Å². The van der Waals surface area contributed by atoms with E-state index in [2.05, 4.69) is 20.8 Å². The highest BCUT2D eigenvalue weighted by Crippen LogP contribution is 2.36. The molecule has 0 heterocycles. The van der Waals surface area contributed by atoms with Gasteiger partial charge in [-0.15, -0.1) is 0 Å². The van der Waals surface area contributed by atoms with Crippen LogP contribution in [0.4, 0.5) is 4.39 Å². The first-order valence-electron chi connectivity index (χ1n) is 7.30. The average Bonchev–Trinajstić information content (AvgIpc) is 2.43. The molecule has 116 valence electrons. The Balaban J connectivity index is 2.15. The fourth-order valence-electron chi connectivity index (χ4n) is 3.26. The van der Waals surface area contributed by atoms with Gasteiger partial charge in [0.25, 0.3) is 0 Å². The Morgan fingerprint density at radius 2 is 2.05 bits per heavy atom. The van der Waals surface area contributed by atoms with Crippen LogP contribution in [0.15, 0.2) is 22.7 Å². The third-order valence-electron chi connectivity index (χ3n) is 4.48. The zero-order valence-electron chi connectivity index (χ0n) is 12.2. The zero-order chi connectivity index (χ0) is 15.5. The fraction of sp³-hybridized carbons (Fsp3) is 0.562. The Labute approximate surface area is 133 Å². The topological polar surface area (TPSA) is 40.5 Å². The van der Waals surface area contributed by atoms with Crippen LogP contribution in [0.3, 0.4) is 0 Å². The number of aliphatic carboxylic acids is 1. The van der Waals surface area contributed by atoms with Crippen molar-refractivity contribution in [1.82, 2.24) is 4.90 Å². The van der Waals surface area contributed by atoms with Gasteiger partial charge in [0.15, 0.2) is 0 Å². The van der Waals surface area contributed by atoms with Gasteiger partial charge in [-0.05, 0) is 53.5 Å². The molecule has 5 heteroatoms. The number of hydrogen-bond donors (Lipinski definition) is 1. The van der Waals surface area contributed by atoms with Gasteiger partial charge in [0.1, 0.15) is 5.82 Å². The SMILES string of the molecule is CN(Cc1ccc(Br)c(F)c1)C1(CC(=O)O)CCCCC1. The first-order valence-corrected chi connectivity index (χ1v) is 8.09. The molecular weight excluding hydrogens is 337 g/mol. The highest BCUT2D eigenvalue weighted by atomic mass is 79.9. The summed E-state index contributed by atoms with van der Waals surface area (Å²) in [5.74, 6) is -1.04. The van der Waals surface area contributed by atoms with Crippen molar-refractivity contribution >= 4 is 21.9 Å². The van der Waals surface area contributed by atoms with E-state index in [1.54, 1.807) is 6.07 Å². The maximum atomic E-state index is 13.6. The first kappa shape index (κ1) is 16.4. The molecule has 1 aromatic rings. The summed E-state index contributed by atoms with van der Waals surface area (Å²) in [4.78, 5) is 13.3. The molecule has 1 N–H and O–H groups in total. The van der Waals surface area contributed by atoms with Crippen molar-refractivity contribution in [3.63, 3.8) is 0 Å². The van der Waals surface area contributed by atoms with Crippen LogP contribution >= 0.6 is 15.9 Å². The summed E-state index contributed by atoms with van der Waals surface area (Å²) in [5.41, 5.74) is 0.571. The zero-order valence-corrected chi connectivity index (χ0v) is 13.8. The number of rotatable bonds is 5. The Hall–Kier alpha value is -0.940. The number of hydrogen-bond acceptors (Lipinski definition) is 2. The van der Waals surface area contributed by atoms with E-state index >= 15 is 0 Å². The summed E-state index contributed by atoms with van der Waals surface area (Å²) in [6.45, 7) is 0.567. The van der Waals surface area contributed by atoms with Crippen LogP contribution in [0.25, 0.3) is 0 Å². The molecule has 1 saturated carbocycles. The largest absolute Gasteiger partial charge is 0.481 e. The number of halogens is 2. The average molecular weight is 358 g/mol. The summed E-state index contributed by atoms with van der Waals surface area (Å²) in [6.07, 6.45) is 5.24. The molecule has 0 radical (unpaired) electrons.